The summed E-state index contributed by atoms with van der Waals surface area (Å²) in [7, 11) is 0. The molecule has 0 bridgehead atoms. The zero-order chi connectivity index (χ0) is 12.7. The van der Waals surface area contributed by atoms with Crippen molar-refractivity contribution in [2.24, 2.45) is 0 Å². The van der Waals surface area contributed by atoms with Crippen molar-refractivity contribution in [2.45, 2.75) is 0 Å². The van der Waals surface area contributed by atoms with E-state index in [1.54, 1.807) is 0 Å². The van der Waals surface area contributed by atoms with Crippen molar-refractivity contribution < 1.29 is 5.48 Å². The van der Waals surface area contributed by atoms with Crippen molar-refractivity contribution in [3.05, 3.63) is 33.8 Å². The second kappa shape index (κ2) is 3.55. The number of rotatable bonds is 1. The Morgan fingerprint density at radius 2 is 2.15 bits per heavy atom. The Hall–Kier alpha value is -0.750. The number of nitrogens with zero attached hydrogens (tertiary/aromatic N) is 4. The van der Waals surface area contributed by atoms with Gasteiger partial charge in [-0.15, -0.1) is 0 Å². The third-order valence-corrected chi connectivity index (χ3v) is 1.87. The molecule has 2 rings (SSSR count). The van der Waals surface area contributed by atoms with E-state index >= 15 is 0 Å². The predicted molar refractivity (Wildman–Crippen MR) is 54.6 cm³/mol. The lowest BCUT2D eigenvalue weighted by Gasteiger charge is -1.98. The van der Waals surface area contributed by atoms with Crippen LogP contribution in [0.15, 0.2) is 33.8 Å². The highest BCUT2D eigenvalue weighted by Gasteiger charge is 2.00. The van der Waals surface area contributed by atoms with Crippen LogP contribution in [0, 0.1) is 0 Å². The van der Waals surface area contributed by atoms with E-state index in [0.29, 0.717) is 0 Å². The second-order valence-electron chi connectivity index (χ2n) is 2.01. The highest BCUT2D eigenvalue weighted by molar-refractivity contribution is 9.10. The van der Waals surface area contributed by atoms with Gasteiger partial charge < -0.3 is 0 Å². The van der Waals surface area contributed by atoms with Crippen LogP contribution in [0.5, 0.6) is 0 Å². The first kappa shape index (κ1) is 5.21. The zero-order valence-electron chi connectivity index (χ0n) is 10.0. The van der Waals surface area contributed by atoms with Crippen molar-refractivity contribution in [2.75, 3.05) is 0 Å². The molecule has 0 fully saturated rings. The van der Waals surface area contributed by atoms with Crippen molar-refractivity contribution in [3.8, 4) is 5.82 Å². The normalized spacial score (nSPS) is 14.6. The highest BCUT2D eigenvalue weighted by atomic mass is 79.9. The van der Waals surface area contributed by atoms with E-state index in [0.717, 1.165) is 4.68 Å². The minimum absolute atomic E-state index is 0.00271. The van der Waals surface area contributed by atoms with Crippen LogP contribution < -0.4 is 0 Å². The van der Waals surface area contributed by atoms with Gasteiger partial charge in [-0.2, -0.15) is 5.10 Å². The monoisotopic (exact) mass is 306 g/mol. The molecule has 0 unspecified atom stereocenters. The maximum atomic E-state index is 7.69. The first-order chi connectivity index (χ1) is 7.91. The van der Waals surface area contributed by atoms with E-state index in [1.807, 2.05) is 0 Å². The fourth-order valence-corrected chi connectivity index (χ4v) is 1.20. The Kier molecular flexibility index (Phi) is 1.42. The summed E-state index contributed by atoms with van der Waals surface area (Å²) in [5.74, 6) is -0.00271. The lowest BCUT2D eigenvalue weighted by Crippen LogP contribution is -1.98. The molecule has 6 heteroatoms. The van der Waals surface area contributed by atoms with E-state index < -0.39 is 0 Å². The summed E-state index contributed by atoms with van der Waals surface area (Å²) in [5.41, 5.74) is 0. The van der Waals surface area contributed by atoms with Gasteiger partial charge in [-0.05, 0) is 31.9 Å². The summed E-state index contributed by atoms with van der Waals surface area (Å²) < 4.78 is 31.5. The van der Waals surface area contributed by atoms with Crippen LogP contribution in [0.2, 0.25) is 0 Å². The number of hydrogen-bond acceptors (Lipinski definition) is 3. The smallest absolute Gasteiger partial charge is 0.172 e. The van der Waals surface area contributed by atoms with Crippen LogP contribution >= 0.6 is 31.9 Å². The topological polar surface area (TPSA) is 43.6 Å². The molecular weight excluding hydrogens is 300 g/mol. The first-order valence-corrected chi connectivity index (χ1v) is 4.73. The van der Waals surface area contributed by atoms with E-state index in [2.05, 4.69) is 46.9 Å². The molecular formula is C7H4Br2N4. The Morgan fingerprint density at radius 3 is 2.85 bits per heavy atom. The molecule has 0 spiro atoms. The third-order valence-electron chi connectivity index (χ3n) is 1.16. The van der Waals surface area contributed by atoms with E-state index in [9.17, 15) is 0 Å². The molecule has 0 aliphatic carbocycles. The molecule has 0 amide bonds. The molecule has 0 aromatic carbocycles. The van der Waals surface area contributed by atoms with Gasteiger partial charge >= 0.3 is 0 Å². The fourth-order valence-electron chi connectivity index (χ4n) is 0.699. The summed E-state index contributed by atoms with van der Waals surface area (Å²) in [6.45, 7) is 0. The zero-order valence-corrected chi connectivity index (χ0v) is 9.22. The van der Waals surface area contributed by atoms with Crippen molar-refractivity contribution in [1.29, 1.82) is 0 Å². The molecule has 0 saturated heterocycles. The number of halogens is 2. The van der Waals surface area contributed by atoms with Gasteiger partial charge in [0.15, 0.2) is 5.82 Å². The molecule has 0 aliphatic heterocycles. The van der Waals surface area contributed by atoms with Gasteiger partial charge in [-0.1, -0.05) is 0 Å². The molecule has 13 heavy (non-hydrogen) atoms. The van der Waals surface area contributed by atoms with Crippen LogP contribution in [-0.4, -0.2) is 19.7 Å². The maximum absolute atomic E-state index is 7.69. The van der Waals surface area contributed by atoms with E-state index in [1.165, 1.54) is 0 Å². The van der Waals surface area contributed by atoms with E-state index in [-0.39, 0.29) is 39.6 Å². The summed E-state index contributed by atoms with van der Waals surface area (Å²) in [4.78, 5) is 7.55. The van der Waals surface area contributed by atoms with Crippen LogP contribution in [0.1, 0.15) is 5.48 Å². The summed E-state index contributed by atoms with van der Waals surface area (Å²) >= 11 is 6.06. The standard InChI is InChI=1S/C7H4Br2N4/c8-5-1-11-13(4-5)7-3-10-2-6(9)12-7/h1-4H/i1D,2D,3D,4D. The quantitative estimate of drug-likeness (QED) is 0.811. The maximum Gasteiger partial charge on any atom is 0.172 e. The third kappa shape index (κ3) is 1.94. The highest BCUT2D eigenvalue weighted by Crippen LogP contribution is 2.11. The molecule has 0 radical (unpaired) electrons. The Balaban J connectivity index is 2.68. The predicted octanol–water partition coefficient (Wildman–Crippen LogP) is 2.19. The fraction of sp³-hybridized carbons (Fsp3) is 0. The van der Waals surface area contributed by atoms with Crippen LogP contribution in [0.4, 0.5) is 0 Å². The molecule has 0 aliphatic rings. The molecule has 0 N–H and O–H groups in total. The Morgan fingerprint density at radius 1 is 1.31 bits per heavy atom. The molecule has 2 aromatic heterocycles. The van der Waals surface area contributed by atoms with Gasteiger partial charge in [0, 0.05) is 6.17 Å². The Labute approximate surface area is 96.9 Å². The summed E-state index contributed by atoms with van der Waals surface area (Å²) in [5, 5.41) is 3.76. The molecule has 0 atom stereocenters. The van der Waals surface area contributed by atoms with Crippen LogP contribution in [-0.2, 0) is 0 Å². The molecule has 0 saturated carbocycles. The molecule has 66 valence electrons. The van der Waals surface area contributed by atoms with Gasteiger partial charge in [0.25, 0.3) is 0 Å². The molecule has 4 nitrogen and oxygen atoms in total. The second-order valence-corrected chi connectivity index (χ2v) is 3.56. The minimum Gasteiger partial charge on any atom is -0.258 e. The van der Waals surface area contributed by atoms with Crippen LogP contribution in [0.25, 0.3) is 5.82 Å². The lowest BCUT2D eigenvalue weighted by atomic mass is 10.6. The van der Waals surface area contributed by atoms with Crippen molar-refractivity contribution >= 4 is 31.9 Å². The van der Waals surface area contributed by atoms with Gasteiger partial charge in [-0.3, -0.25) is 4.98 Å². The van der Waals surface area contributed by atoms with Gasteiger partial charge in [0.1, 0.15) is 4.60 Å². The first-order valence-electron chi connectivity index (χ1n) is 5.14. The van der Waals surface area contributed by atoms with Crippen molar-refractivity contribution in [3.63, 3.8) is 0 Å². The SMILES string of the molecule is [2H]c1nc([2H])c(-n2nc([2H])c(Br)c2[2H])nc1Br. The van der Waals surface area contributed by atoms with Gasteiger partial charge in [0.2, 0.25) is 0 Å². The number of hydrogen-bond donors (Lipinski definition) is 0. The minimum atomic E-state index is -0.276. The summed E-state index contributed by atoms with van der Waals surface area (Å²) in [6.07, 6.45) is -0.658. The Bertz CT molecular complexity index is 600. The van der Waals surface area contributed by atoms with Crippen LogP contribution in [0.3, 0.4) is 0 Å². The van der Waals surface area contributed by atoms with E-state index in [4.69, 9.17) is 5.48 Å². The van der Waals surface area contributed by atoms with Gasteiger partial charge in [-0.25, -0.2) is 9.67 Å². The van der Waals surface area contributed by atoms with Gasteiger partial charge in [0.05, 0.1) is 28.5 Å². The molecule has 2 heterocycles. The average molecular weight is 308 g/mol. The average Bonchev–Trinajstić information content (AvgIpc) is 2.51. The molecule has 2 aromatic rings. The van der Waals surface area contributed by atoms with Crippen molar-refractivity contribution in [1.82, 2.24) is 19.7 Å². The largest absolute Gasteiger partial charge is 0.258 e. The number of aromatic nitrogens is 4. The lowest BCUT2D eigenvalue weighted by molar-refractivity contribution is 0.833. The summed E-state index contributed by atoms with van der Waals surface area (Å²) in [6, 6.07) is 0.